The number of aromatic carboxylic acids is 1. The molecule has 2 heterocycles. The number of carboxylic acid groups (broad SMARTS) is 1. The number of aliphatic hydroxyl groups is 2. The van der Waals surface area contributed by atoms with Crippen LogP contribution in [0.1, 0.15) is 111 Å². The topological polar surface area (TPSA) is 182 Å². The zero-order valence-corrected chi connectivity index (χ0v) is 27.9. The third-order valence-corrected chi connectivity index (χ3v) is 8.29. The summed E-state index contributed by atoms with van der Waals surface area (Å²) in [4.78, 5) is 57.3. The molecule has 12 nitrogen and oxygen atoms in total. The van der Waals surface area contributed by atoms with Gasteiger partial charge in [-0.15, -0.1) is 45.9 Å². The summed E-state index contributed by atoms with van der Waals surface area (Å²) in [5.74, 6) is -4.63. The second kappa shape index (κ2) is 14.6. The molecule has 0 fully saturated rings. The van der Waals surface area contributed by atoms with Gasteiger partial charge in [0.1, 0.15) is 19.9 Å². The first kappa shape index (κ1) is 36.8. The number of carboxylic acids is 1. The maximum Gasteiger partial charge on any atom is 0.358 e. The second-order valence-corrected chi connectivity index (χ2v) is 14.9. The van der Waals surface area contributed by atoms with E-state index in [0.717, 1.165) is 29.6 Å². The number of esters is 3. The van der Waals surface area contributed by atoms with Crippen LogP contribution in [0.25, 0.3) is 0 Å². The summed E-state index contributed by atoms with van der Waals surface area (Å²) >= 11 is 13.8. The number of hydrogen-bond acceptors (Lipinski definition) is 13. The van der Waals surface area contributed by atoms with E-state index in [1.807, 2.05) is 0 Å². The van der Waals surface area contributed by atoms with Crippen LogP contribution in [0.4, 0.5) is 0 Å². The van der Waals surface area contributed by atoms with Gasteiger partial charge < -0.3 is 29.5 Å². The van der Waals surface area contributed by atoms with Crippen molar-refractivity contribution in [3.8, 4) is 0 Å². The fraction of sp³-hybridized carbons (Fsp3) is 0.630. The minimum absolute atomic E-state index is 0.0925. The highest BCUT2D eigenvalue weighted by Gasteiger charge is 2.42. The molecule has 2 rings (SSSR count). The lowest BCUT2D eigenvalue weighted by Crippen LogP contribution is -2.38. The highest BCUT2D eigenvalue weighted by Crippen LogP contribution is 2.37. The Morgan fingerprint density at radius 2 is 1.49 bits per heavy atom. The largest absolute Gasteiger partial charge is 0.476 e. The Bertz CT molecular complexity index is 1300. The highest BCUT2D eigenvalue weighted by molar-refractivity contribution is 7.10. The number of nitrogens with zero attached hydrogens (tertiary/aromatic N) is 2. The summed E-state index contributed by atoms with van der Waals surface area (Å²) < 4.78 is 15.6. The number of thiazole rings is 2. The molecule has 2 aromatic rings. The number of alkyl halides is 2. The van der Waals surface area contributed by atoms with E-state index >= 15 is 0 Å². The number of carbonyl (C=O) groups excluding carboxylic acids is 3. The Labute approximate surface area is 267 Å². The molecule has 0 aromatic carbocycles. The van der Waals surface area contributed by atoms with Gasteiger partial charge in [0.2, 0.25) is 0 Å². The Morgan fingerprint density at radius 1 is 0.953 bits per heavy atom. The first-order valence-corrected chi connectivity index (χ1v) is 15.7. The number of aliphatic hydroxyl groups excluding tert-OH is 1. The Morgan fingerprint density at radius 3 is 1.98 bits per heavy atom. The molecular weight excluding hydrogens is 647 g/mol. The van der Waals surface area contributed by atoms with Crippen molar-refractivity contribution >= 4 is 69.8 Å². The normalized spacial score (nSPS) is 15.2. The molecule has 0 amide bonds. The third-order valence-electron chi connectivity index (χ3n) is 6.13. The van der Waals surface area contributed by atoms with Crippen molar-refractivity contribution in [3.05, 3.63) is 32.2 Å². The summed E-state index contributed by atoms with van der Waals surface area (Å²) in [6, 6.07) is 0. The monoisotopic (exact) mass is 682 g/mol. The molecule has 3 N–H and O–H groups in total. The number of halogens is 2. The highest BCUT2D eigenvalue weighted by atomic mass is 35.5. The molecule has 0 aliphatic heterocycles. The average Bonchev–Trinajstić information content (AvgIpc) is 3.53. The van der Waals surface area contributed by atoms with Crippen molar-refractivity contribution in [2.75, 3.05) is 0 Å². The summed E-state index contributed by atoms with van der Waals surface area (Å²) in [6.07, 6.45) is -2.45. The van der Waals surface area contributed by atoms with E-state index in [0.29, 0.717) is 12.8 Å². The number of aromatic nitrogens is 2. The lowest BCUT2D eigenvalue weighted by atomic mass is 9.98. The van der Waals surface area contributed by atoms with E-state index < -0.39 is 63.6 Å². The van der Waals surface area contributed by atoms with E-state index in [2.05, 4.69) is 9.97 Å². The van der Waals surface area contributed by atoms with Crippen molar-refractivity contribution in [3.63, 3.8) is 0 Å². The fourth-order valence-electron chi connectivity index (χ4n) is 3.76. The summed E-state index contributed by atoms with van der Waals surface area (Å²) in [5, 5.41) is 33.3. The molecule has 240 valence electrons. The van der Waals surface area contributed by atoms with E-state index in [9.17, 15) is 34.5 Å². The van der Waals surface area contributed by atoms with Gasteiger partial charge in [-0.2, -0.15) is 0 Å². The molecule has 43 heavy (non-hydrogen) atoms. The standard InChI is InChI=1S/C27H36Cl2N2O10S2/c1-13(17(33)9-8-10-27(7,28)29)23(36)40-18(25(3,4)38)20-31-16(12-43-20)24(37)41-26(5,6)19(39-14(2)32)21-30-15(11-42-21)22(34)35/h11-13,17-19,33,38H,8-10H2,1-7H3,(H,34,35)/t13-,17-,18+,19+/m0/s1. The molecule has 0 unspecified atom stereocenters. The first-order valence-electron chi connectivity index (χ1n) is 13.2. The van der Waals surface area contributed by atoms with Gasteiger partial charge in [-0.1, -0.05) is 0 Å². The molecule has 0 saturated carbocycles. The van der Waals surface area contributed by atoms with Crippen molar-refractivity contribution in [2.24, 2.45) is 5.92 Å². The predicted molar refractivity (Wildman–Crippen MR) is 159 cm³/mol. The second-order valence-electron chi connectivity index (χ2n) is 11.2. The third kappa shape index (κ3) is 10.9. The van der Waals surface area contributed by atoms with Crippen molar-refractivity contribution in [1.82, 2.24) is 9.97 Å². The first-order chi connectivity index (χ1) is 19.6. The van der Waals surface area contributed by atoms with Gasteiger partial charge in [0.25, 0.3) is 0 Å². The molecule has 0 bridgehead atoms. The Kier molecular flexibility index (Phi) is 12.5. The van der Waals surface area contributed by atoms with Gasteiger partial charge in [0, 0.05) is 17.7 Å². The fourth-order valence-corrected chi connectivity index (χ4v) is 6.01. The van der Waals surface area contributed by atoms with Crippen LogP contribution in [0.2, 0.25) is 0 Å². The van der Waals surface area contributed by atoms with Crippen LogP contribution in [0.5, 0.6) is 0 Å². The molecule has 2 aromatic heterocycles. The van der Waals surface area contributed by atoms with Gasteiger partial charge in [-0.05, 0) is 60.8 Å². The van der Waals surface area contributed by atoms with Gasteiger partial charge in [-0.3, -0.25) is 9.59 Å². The summed E-state index contributed by atoms with van der Waals surface area (Å²) in [5.41, 5.74) is -3.57. The summed E-state index contributed by atoms with van der Waals surface area (Å²) in [6.45, 7) is 9.99. The minimum atomic E-state index is -1.62. The van der Waals surface area contributed by atoms with Crippen LogP contribution in [-0.4, -0.2) is 70.8 Å². The van der Waals surface area contributed by atoms with Crippen LogP contribution < -0.4 is 0 Å². The van der Waals surface area contributed by atoms with Crippen LogP contribution in [0.3, 0.4) is 0 Å². The SMILES string of the molecule is CC(=O)O[C@H](c1nc(C(=O)O)cs1)C(C)(C)OC(=O)c1csc([C@@H](OC(=O)[C@@H](C)[C@@H](O)CCCC(C)(Cl)Cl)C(C)(C)O)n1. The van der Waals surface area contributed by atoms with Crippen LogP contribution in [0, 0.1) is 5.92 Å². The van der Waals surface area contributed by atoms with Gasteiger partial charge in [0.05, 0.1) is 12.0 Å². The molecule has 16 heteroatoms. The van der Waals surface area contributed by atoms with E-state index in [4.69, 9.17) is 37.4 Å². The maximum atomic E-state index is 13.1. The van der Waals surface area contributed by atoms with Crippen LogP contribution >= 0.6 is 45.9 Å². The van der Waals surface area contributed by atoms with E-state index in [1.54, 1.807) is 6.92 Å². The molecule has 0 spiro atoms. The van der Waals surface area contributed by atoms with Gasteiger partial charge in [-0.25, -0.2) is 19.6 Å². The molecule has 4 atom stereocenters. The van der Waals surface area contributed by atoms with Gasteiger partial charge >= 0.3 is 23.9 Å². The van der Waals surface area contributed by atoms with E-state index in [1.165, 1.54) is 45.4 Å². The minimum Gasteiger partial charge on any atom is -0.476 e. The summed E-state index contributed by atoms with van der Waals surface area (Å²) in [7, 11) is 0. The zero-order chi connectivity index (χ0) is 32.9. The smallest absolute Gasteiger partial charge is 0.358 e. The molecule has 0 saturated heterocycles. The molecule has 0 aliphatic carbocycles. The number of ether oxygens (including phenoxy) is 3. The van der Waals surface area contributed by atoms with E-state index in [-0.39, 0.29) is 27.8 Å². The molecule has 0 radical (unpaired) electrons. The number of rotatable bonds is 15. The Hall–Kier alpha value is -2.36. The zero-order valence-electron chi connectivity index (χ0n) is 24.8. The number of hydrogen-bond donors (Lipinski definition) is 3. The van der Waals surface area contributed by atoms with Crippen molar-refractivity contribution in [2.45, 2.75) is 102 Å². The molecular formula is C27H36Cl2N2O10S2. The Balaban J connectivity index is 2.21. The van der Waals surface area contributed by atoms with Crippen LogP contribution in [0.15, 0.2) is 10.8 Å². The van der Waals surface area contributed by atoms with Crippen molar-refractivity contribution < 1.29 is 48.7 Å². The van der Waals surface area contributed by atoms with Crippen molar-refractivity contribution in [1.29, 1.82) is 0 Å². The quantitative estimate of drug-likeness (QED) is 0.126. The lowest BCUT2D eigenvalue weighted by molar-refractivity contribution is -0.171. The van der Waals surface area contributed by atoms with Gasteiger partial charge in [0.15, 0.2) is 29.2 Å². The predicted octanol–water partition coefficient (Wildman–Crippen LogP) is 5.25. The maximum absolute atomic E-state index is 13.1. The number of carbonyl (C=O) groups is 4. The lowest BCUT2D eigenvalue weighted by Gasteiger charge is -2.31. The average molecular weight is 684 g/mol. The van der Waals surface area contributed by atoms with Crippen LogP contribution in [-0.2, 0) is 23.8 Å². The molecule has 0 aliphatic rings.